The average Bonchev–Trinajstić information content (AvgIpc) is 3.17. The highest BCUT2D eigenvalue weighted by Crippen LogP contribution is 2.40. The summed E-state index contributed by atoms with van der Waals surface area (Å²) >= 11 is 0. The maximum atomic E-state index is 13.1. The minimum atomic E-state index is -0.146. The minimum Gasteiger partial charge on any atom is -0.370 e. The Morgan fingerprint density at radius 1 is 1.00 bits per heavy atom. The van der Waals surface area contributed by atoms with Gasteiger partial charge >= 0.3 is 0 Å². The summed E-state index contributed by atoms with van der Waals surface area (Å²) in [5.41, 5.74) is 1.78. The van der Waals surface area contributed by atoms with E-state index < -0.39 is 0 Å². The summed E-state index contributed by atoms with van der Waals surface area (Å²) < 4.78 is 13.1. The molecule has 0 N–H and O–H groups in total. The van der Waals surface area contributed by atoms with Gasteiger partial charge in [-0.15, -0.1) is 0 Å². The first-order valence-electron chi connectivity index (χ1n) is 9.07. The molecule has 3 saturated heterocycles. The van der Waals surface area contributed by atoms with Gasteiger partial charge in [0, 0.05) is 31.4 Å². The Hall–Kier alpha value is -1.13. The van der Waals surface area contributed by atoms with E-state index >= 15 is 0 Å². The van der Waals surface area contributed by atoms with E-state index in [-0.39, 0.29) is 5.82 Å². The molecule has 1 atom stereocenters. The summed E-state index contributed by atoms with van der Waals surface area (Å²) in [5, 5.41) is 0. The number of hydrogen-bond acceptors (Lipinski definition) is 3. The lowest BCUT2D eigenvalue weighted by Gasteiger charge is -2.41. The summed E-state index contributed by atoms with van der Waals surface area (Å²) in [7, 11) is 2.26. The first-order chi connectivity index (χ1) is 11.1. The molecule has 3 aliphatic rings. The molecule has 4 heteroatoms. The highest BCUT2D eigenvalue weighted by molar-refractivity contribution is 5.47. The molecular weight excluding hydrogens is 289 g/mol. The van der Waals surface area contributed by atoms with Crippen molar-refractivity contribution in [2.75, 3.05) is 51.2 Å². The Balaban J connectivity index is 1.33. The molecule has 1 aromatic rings. The van der Waals surface area contributed by atoms with Crippen molar-refractivity contribution < 1.29 is 4.39 Å². The molecule has 1 aromatic carbocycles. The molecule has 0 amide bonds. The van der Waals surface area contributed by atoms with Gasteiger partial charge in [-0.1, -0.05) is 0 Å². The number of benzene rings is 1. The van der Waals surface area contributed by atoms with E-state index in [1.54, 1.807) is 12.1 Å². The second kappa shape index (κ2) is 6.06. The molecule has 126 valence electrons. The van der Waals surface area contributed by atoms with Crippen LogP contribution >= 0.6 is 0 Å². The molecule has 1 spiro atoms. The van der Waals surface area contributed by atoms with Crippen LogP contribution in [0.3, 0.4) is 0 Å². The SMILES string of the molecule is CN1CCC2(CCN(C3CCN(c4ccc(F)cc4)C3)CC2)C1. The molecule has 3 aliphatic heterocycles. The predicted molar refractivity (Wildman–Crippen MR) is 92.4 cm³/mol. The van der Waals surface area contributed by atoms with Crippen LogP contribution in [0.2, 0.25) is 0 Å². The lowest BCUT2D eigenvalue weighted by atomic mass is 9.77. The Kier molecular flexibility index (Phi) is 4.06. The van der Waals surface area contributed by atoms with Gasteiger partial charge in [0.05, 0.1) is 0 Å². The second-order valence-corrected chi connectivity index (χ2v) is 7.89. The zero-order valence-electron chi connectivity index (χ0n) is 14.2. The van der Waals surface area contributed by atoms with Crippen molar-refractivity contribution in [2.24, 2.45) is 5.41 Å². The van der Waals surface area contributed by atoms with Crippen LogP contribution in [0, 0.1) is 11.2 Å². The van der Waals surface area contributed by atoms with Gasteiger partial charge in [-0.05, 0) is 82.0 Å². The number of piperidine rings is 1. The Labute approximate surface area is 139 Å². The molecule has 0 bridgehead atoms. The third kappa shape index (κ3) is 3.11. The zero-order chi connectivity index (χ0) is 15.9. The van der Waals surface area contributed by atoms with E-state index in [9.17, 15) is 4.39 Å². The molecule has 0 radical (unpaired) electrons. The van der Waals surface area contributed by atoms with Crippen molar-refractivity contribution >= 4 is 5.69 Å². The third-order valence-corrected chi connectivity index (χ3v) is 6.36. The van der Waals surface area contributed by atoms with Crippen molar-refractivity contribution in [1.82, 2.24) is 9.80 Å². The molecule has 0 saturated carbocycles. The molecule has 3 heterocycles. The van der Waals surface area contributed by atoms with E-state index in [2.05, 4.69) is 21.7 Å². The summed E-state index contributed by atoms with van der Waals surface area (Å²) in [6, 6.07) is 7.65. The summed E-state index contributed by atoms with van der Waals surface area (Å²) in [5.74, 6) is -0.146. The number of anilines is 1. The number of rotatable bonds is 2. The maximum Gasteiger partial charge on any atom is 0.123 e. The van der Waals surface area contributed by atoms with Crippen molar-refractivity contribution in [2.45, 2.75) is 31.7 Å². The molecule has 0 aromatic heterocycles. The van der Waals surface area contributed by atoms with Crippen LogP contribution in [0.15, 0.2) is 24.3 Å². The quantitative estimate of drug-likeness (QED) is 0.830. The maximum absolute atomic E-state index is 13.1. The van der Waals surface area contributed by atoms with Gasteiger partial charge in [0.25, 0.3) is 0 Å². The Morgan fingerprint density at radius 3 is 2.35 bits per heavy atom. The highest BCUT2D eigenvalue weighted by Gasteiger charge is 2.41. The molecule has 1 unspecified atom stereocenters. The van der Waals surface area contributed by atoms with Crippen molar-refractivity contribution in [1.29, 1.82) is 0 Å². The first kappa shape index (κ1) is 15.4. The van der Waals surface area contributed by atoms with Crippen LogP contribution in [-0.4, -0.2) is 62.2 Å². The van der Waals surface area contributed by atoms with Crippen molar-refractivity contribution in [3.05, 3.63) is 30.1 Å². The monoisotopic (exact) mass is 317 g/mol. The van der Waals surface area contributed by atoms with Gasteiger partial charge in [0.1, 0.15) is 5.82 Å². The summed E-state index contributed by atoms with van der Waals surface area (Å²) in [6.45, 7) is 7.29. The largest absolute Gasteiger partial charge is 0.370 e. The first-order valence-corrected chi connectivity index (χ1v) is 9.07. The topological polar surface area (TPSA) is 9.72 Å². The molecular formula is C19H28FN3. The van der Waals surface area contributed by atoms with Crippen molar-refractivity contribution in [3.8, 4) is 0 Å². The summed E-state index contributed by atoms with van der Waals surface area (Å²) in [4.78, 5) is 7.63. The van der Waals surface area contributed by atoms with Gasteiger partial charge in [-0.3, -0.25) is 4.90 Å². The minimum absolute atomic E-state index is 0.146. The lowest BCUT2D eigenvalue weighted by Crippen LogP contribution is -2.47. The van der Waals surface area contributed by atoms with Gasteiger partial charge in [-0.2, -0.15) is 0 Å². The van der Waals surface area contributed by atoms with E-state index in [1.807, 2.05) is 12.1 Å². The van der Waals surface area contributed by atoms with Crippen LogP contribution in [-0.2, 0) is 0 Å². The molecule has 3 fully saturated rings. The molecule has 4 rings (SSSR count). The number of hydrogen-bond donors (Lipinski definition) is 0. The number of nitrogens with zero attached hydrogens (tertiary/aromatic N) is 3. The molecule has 23 heavy (non-hydrogen) atoms. The fourth-order valence-electron chi connectivity index (χ4n) is 4.86. The van der Waals surface area contributed by atoms with Gasteiger partial charge in [-0.25, -0.2) is 4.39 Å². The fourth-order valence-corrected chi connectivity index (χ4v) is 4.86. The fraction of sp³-hybridized carbons (Fsp3) is 0.684. The number of likely N-dealkylation sites (tertiary alicyclic amines) is 2. The van der Waals surface area contributed by atoms with Crippen LogP contribution < -0.4 is 4.90 Å². The highest BCUT2D eigenvalue weighted by atomic mass is 19.1. The lowest BCUT2D eigenvalue weighted by molar-refractivity contribution is 0.0844. The molecule has 3 nitrogen and oxygen atoms in total. The Morgan fingerprint density at radius 2 is 1.70 bits per heavy atom. The Bertz CT molecular complexity index is 536. The van der Waals surface area contributed by atoms with E-state index in [0.29, 0.717) is 11.5 Å². The average molecular weight is 317 g/mol. The van der Waals surface area contributed by atoms with Crippen LogP contribution in [0.4, 0.5) is 10.1 Å². The second-order valence-electron chi connectivity index (χ2n) is 7.89. The third-order valence-electron chi connectivity index (χ3n) is 6.36. The molecule has 0 aliphatic carbocycles. The zero-order valence-corrected chi connectivity index (χ0v) is 14.2. The van der Waals surface area contributed by atoms with Gasteiger partial charge < -0.3 is 9.80 Å². The van der Waals surface area contributed by atoms with E-state index in [0.717, 1.165) is 13.1 Å². The van der Waals surface area contributed by atoms with Gasteiger partial charge in [0.15, 0.2) is 0 Å². The van der Waals surface area contributed by atoms with E-state index in [1.165, 1.54) is 57.5 Å². The predicted octanol–water partition coefficient (Wildman–Crippen LogP) is 2.82. The van der Waals surface area contributed by atoms with E-state index in [4.69, 9.17) is 0 Å². The van der Waals surface area contributed by atoms with Crippen LogP contribution in [0.5, 0.6) is 0 Å². The normalized spacial score (nSPS) is 28.8. The standard InChI is InChI=1S/C19H28FN3/c1-21-11-7-19(15-21)8-12-22(13-9-19)18-6-10-23(14-18)17-4-2-16(20)3-5-17/h2-5,18H,6-15H2,1H3. The van der Waals surface area contributed by atoms with Crippen LogP contribution in [0.1, 0.15) is 25.7 Å². The van der Waals surface area contributed by atoms with Gasteiger partial charge in [0.2, 0.25) is 0 Å². The summed E-state index contributed by atoms with van der Waals surface area (Å²) in [6.07, 6.45) is 5.36. The smallest absolute Gasteiger partial charge is 0.123 e. The van der Waals surface area contributed by atoms with Crippen molar-refractivity contribution in [3.63, 3.8) is 0 Å². The van der Waals surface area contributed by atoms with Crippen LogP contribution in [0.25, 0.3) is 0 Å². The number of halogens is 1.